The highest BCUT2D eigenvalue weighted by atomic mass is 16.4. The van der Waals surface area contributed by atoms with Gasteiger partial charge in [0.05, 0.1) is 10.9 Å². The lowest BCUT2D eigenvalue weighted by atomic mass is 9.61. The molecule has 1 amide bonds. The largest absolute Gasteiger partial charge is 0.508 e. The molecule has 2 atom stereocenters. The topological polar surface area (TPSA) is 199 Å². The molecule has 2 unspecified atom stereocenters. The Hall–Kier alpha value is -3.63. The van der Waals surface area contributed by atoms with E-state index in [1.54, 1.807) is 0 Å². The molecule has 10 heteroatoms. The SMILES string of the molecule is NC(=O)C1=C(O)C2(O)C(=O)c3c(cc4cc(O)cc(O)c4c3O)CC2(O)CC1=O. The number of carbonyl (C=O) groups is 3. The highest BCUT2D eigenvalue weighted by Crippen LogP contribution is 2.50. The van der Waals surface area contributed by atoms with Gasteiger partial charge in [0.2, 0.25) is 11.4 Å². The molecule has 2 aliphatic carbocycles. The molecule has 2 aliphatic rings. The molecule has 0 fully saturated rings. The van der Waals surface area contributed by atoms with Crippen molar-refractivity contribution in [2.75, 3.05) is 0 Å². The predicted octanol–water partition coefficient (Wildman–Crippen LogP) is -0.572. The number of Topliss-reactive ketones (excluding diaryl/α,β-unsaturated/α-hetero) is 2. The summed E-state index contributed by atoms with van der Waals surface area (Å²) in [5.41, 5.74) is -2.10. The van der Waals surface area contributed by atoms with Crippen molar-refractivity contribution in [2.24, 2.45) is 5.73 Å². The third-order valence-electron chi connectivity index (χ3n) is 5.53. The smallest absolute Gasteiger partial charge is 0.255 e. The van der Waals surface area contributed by atoms with Crippen LogP contribution in [0, 0.1) is 0 Å². The van der Waals surface area contributed by atoms with Gasteiger partial charge in [0.15, 0.2) is 11.5 Å². The molecule has 2 aromatic rings. The molecular formula is C19H15NO9. The summed E-state index contributed by atoms with van der Waals surface area (Å²) >= 11 is 0. The fourth-order valence-corrected chi connectivity index (χ4v) is 4.21. The molecule has 0 aromatic heterocycles. The maximum Gasteiger partial charge on any atom is 0.255 e. The van der Waals surface area contributed by atoms with Crippen molar-refractivity contribution >= 4 is 28.2 Å². The fraction of sp³-hybridized carbons (Fsp3) is 0.211. The van der Waals surface area contributed by atoms with E-state index >= 15 is 0 Å². The van der Waals surface area contributed by atoms with Gasteiger partial charge < -0.3 is 36.4 Å². The summed E-state index contributed by atoms with van der Waals surface area (Å²) in [4.78, 5) is 36.9. The Bertz CT molecular complexity index is 1200. The molecule has 0 saturated carbocycles. The summed E-state index contributed by atoms with van der Waals surface area (Å²) in [6.07, 6.45) is -1.45. The number of primary amides is 1. The van der Waals surface area contributed by atoms with Crippen LogP contribution in [0.15, 0.2) is 29.5 Å². The van der Waals surface area contributed by atoms with Crippen LogP contribution in [0.3, 0.4) is 0 Å². The number of aliphatic hydroxyl groups excluding tert-OH is 1. The molecule has 8 N–H and O–H groups in total. The number of fused-ring (bicyclic) bond motifs is 3. The Morgan fingerprint density at radius 3 is 2.28 bits per heavy atom. The van der Waals surface area contributed by atoms with E-state index in [1.165, 1.54) is 12.1 Å². The number of phenols is 3. The first-order valence-electron chi connectivity index (χ1n) is 8.39. The zero-order valence-corrected chi connectivity index (χ0v) is 14.6. The van der Waals surface area contributed by atoms with Crippen LogP contribution in [0.5, 0.6) is 17.2 Å². The number of nitrogens with two attached hydrogens (primary N) is 1. The van der Waals surface area contributed by atoms with Gasteiger partial charge in [-0.1, -0.05) is 0 Å². The Morgan fingerprint density at radius 2 is 1.66 bits per heavy atom. The summed E-state index contributed by atoms with van der Waals surface area (Å²) in [6.45, 7) is 0. The van der Waals surface area contributed by atoms with Gasteiger partial charge >= 0.3 is 0 Å². The summed E-state index contributed by atoms with van der Waals surface area (Å²) in [7, 11) is 0. The quantitative estimate of drug-likeness (QED) is 0.306. The van der Waals surface area contributed by atoms with Crippen LogP contribution in [-0.2, 0) is 16.0 Å². The fourth-order valence-electron chi connectivity index (χ4n) is 4.21. The molecule has 2 aromatic carbocycles. The van der Waals surface area contributed by atoms with Gasteiger partial charge in [0.1, 0.15) is 28.4 Å². The first-order chi connectivity index (χ1) is 13.4. The standard InChI is InChI=1S/C19H15NO9/c20-17(27)13-10(23)5-18(28)4-7-1-6-2-8(21)3-9(22)11(6)14(24)12(7)15(25)19(18,29)16(13)26/h1-3,21-22,24,26,28-29H,4-5H2,(H2,20,27). The number of carbonyl (C=O) groups excluding carboxylic acids is 3. The van der Waals surface area contributed by atoms with Crippen LogP contribution < -0.4 is 5.73 Å². The number of benzene rings is 2. The molecular weight excluding hydrogens is 386 g/mol. The van der Waals surface area contributed by atoms with E-state index in [9.17, 15) is 45.0 Å². The van der Waals surface area contributed by atoms with Crippen molar-refractivity contribution in [2.45, 2.75) is 24.0 Å². The predicted molar refractivity (Wildman–Crippen MR) is 95.3 cm³/mol. The number of aromatic hydroxyl groups is 3. The maximum absolute atomic E-state index is 13.1. The van der Waals surface area contributed by atoms with Crippen LogP contribution in [0.2, 0.25) is 0 Å². The Morgan fingerprint density at radius 1 is 1.00 bits per heavy atom. The average Bonchev–Trinajstić information content (AvgIpc) is 2.57. The van der Waals surface area contributed by atoms with Crippen LogP contribution in [0.1, 0.15) is 22.3 Å². The van der Waals surface area contributed by atoms with Crippen molar-refractivity contribution < 1.29 is 45.0 Å². The molecule has 0 saturated heterocycles. The zero-order chi connectivity index (χ0) is 21.5. The minimum Gasteiger partial charge on any atom is -0.508 e. The summed E-state index contributed by atoms with van der Waals surface area (Å²) in [5, 5.41) is 62.6. The number of hydrogen-bond donors (Lipinski definition) is 7. The van der Waals surface area contributed by atoms with Crippen molar-refractivity contribution in [3.8, 4) is 17.2 Å². The maximum atomic E-state index is 13.1. The Labute approximate surface area is 161 Å². The molecule has 0 heterocycles. The van der Waals surface area contributed by atoms with Gasteiger partial charge in [0.25, 0.3) is 5.91 Å². The second-order valence-corrected chi connectivity index (χ2v) is 7.26. The lowest BCUT2D eigenvalue weighted by molar-refractivity contribution is -0.151. The Kier molecular flexibility index (Phi) is 3.53. The number of amides is 1. The van der Waals surface area contributed by atoms with E-state index < -0.39 is 69.9 Å². The molecule has 0 bridgehead atoms. The van der Waals surface area contributed by atoms with E-state index in [-0.39, 0.29) is 22.1 Å². The van der Waals surface area contributed by atoms with E-state index in [0.29, 0.717) is 0 Å². The van der Waals surface area contributed by atoms with Gasteiger partial charge in [-0.2, -0.15) is 0 Å². The number of rotatable bonds is 1. The average molecular weight is 401 g/mol. The van der Waals surface area contributed by atoms with Crippen molar-refractivity contribution in [1.82, 2.24) is 0 Å². The van der Waals surface area contributed by atoms with E-state index in [1.807, 2.05) is 0 Å². The number of ketones is 2. The van der Waals surface area contributed by atoms with Gasteiger partial charge in [0, 0.05) is 18.9 Å². The van der Waals surface area contributed by atoms with E-state index in [2.05, 4.69) is 0 Å². The van der Waals surface area contributed by atoms with Crippen LogP contribution in [0.25, 0.3) is 10.8 Å². The summed E-state index contributed by atoms with van der Waals surface area (Å²) < 4.78 is 0. The number of hydrogen-bond acceptors (Lipinski definition) is 9. The lowest BCUT2D eigenvalue weighted by Crippen LogP contribution is -2.67. The third kappa shape index (κ3) is 2.15. The second-order valence-electron chi connectivity index (χ2n) is 7.26. The number of aliphatic hydroxyl groups is 3. The Balaban J connectivity index is 2.08. The number of phenolic OH excluding ortho intramolecular Hbond substituents is 3. The van der Waals surface area contributed by atoms with Crippen molar-refractivity contribution in [3.63, 3.8) is 0 Å². The second kappa shape index (κ2) is 5.46. The third-order valence-corrected chi connectivity index (χ3v) is 5.53. The van der Waals surface area contributed by atoms with Gasteiger partial charge in [-0.25, -0.2) is 0 Å². The summed E-state index contributed by atoms with van der Waals surface area (Å²) in [6, 6.07) is 3.40. The lowest BCUT2D eigenvalue weighted by Gasteiger charge is -2.47. The highest BCUT2D eigenvalue weighted by Gasteiger charge is 2.66. The van der Waals surface area contributed by atoms with Crippen LogP contribution in [-0.4, -0.2) is 59.3 Å². The van der Waals surface area contributed by atoms with E-state index in [0.717, 1.165) is 6.07 Å². The molecule has 0 spiro atoms. The van der Waals surface area contributed by atoms with Gasteiger partial charge in [-0.15, -0.1) is 0 Å². The van der Waals surface area contributed by atoms with Crippen LogP contribution in [0.4, 0.5) is 0 Å². The minimum absolute atomic E-state index is 0.000278. The van der Waals surface area contributed by atoms with Crippen molar-refractivity contribution in [1.29, 1.82) is 0 Å². The van der Waals surface area contributed by atoms with E-state index in [4.69, 9.17) is 5.73 Å². The van der Waals surface area contributed by atoms with Crippen LogP contribution >= 0.6 is 0 Å². The molecule has 0 radical (unpaired) electrons. The van der Waals surface area contributed by atoms with Gasteiger partial charge in [-0.05, 0) is 23.1 Å². The zero-order valence-electron chi connectivity index (χ0n) is 14.6. The molecule has 150 valence electrons. The molecule has 0 aliphatic heterocycles. The molecule has 29 heavy (non-hydrogen) atoms. The highest BCUT2D eigenvalue weighted by molar-refractivity contribution is 6.24. The molecule has 10 nitrogen and oxygen atoms in total. The normalized spacial score (nSPS) is 26.4. The monoisotopic (exact) mass is 401 g/mol. The first-order valence-corrected chi connectivity index (χ1v) is 8.39. The molecule has 4 rings (SSSR count). The van der Waals surface area contributed by atoms with Crippen molar-refractivity contribution in [3.05, 3.63) is 40.7 Å². The summed E-state index contributed by atoms with van der Waals surface area (Å²) in [5.74, 6) is -6.87. The van der Waals surface area contributed by atoms with Gasteiger partial charge in [-0.3, -0.25) is 14.4 Å². The first kappa shape index (κ1) is 18.7. The minimum atomic E-state index is -3.12.